The molecule has 0 radical (unpaired) electrons. The van der Waals surface area contributed by atoms with E-state index in [1.807, 2.05) is 0 Å². The molecule has 0 aromatic rings. The molecule has 0 bridgehead atoms. The second-order valence-electron chi connectivity index (χ2n) is 4.48. The number of rotatable bonds is 7. The van der Waals surface area contributed by atoms with Crippen LogP contribution in [-0.4, -0.2) is 36.8 Å². The molecule has 0 aliphatic heterocycles. The van der Waals surface area contributed by atoms with Crippen LogP contribution < -0.4 is 5.73 Å². The van der Waals surface area contributed by atoms with Crippen LogP contribution in [0.2, 0.25) is 0 Å². The molecule has 16 heavy (non-hydrogen) atoms. The predicted octanol–water partition coefficient (Wildman–Crippen LogP) is 2.53. The van der Waals surface area contributed by atoms with Crippen LogP contribution in [0.15, 0.2) is 0 Å². The first-order valence-electron chi connectivity index (χ1n) is 6.04. The molecular weight excluding hydrogens is 217 g/mol. The molecule has 0 unspecified atom stereocenters. The molecule has 1 saturated carbocycles. The summed E-state index contributed by atoms with van der Waals surface area (Å²) in [6.45, 7) is 2.02. The van der Waals surface area contributed by atoms with Crippen LogP contribution in [-0.2, 0) is 0 Å². The van der Waals surface area contributed by atoms with Crippen molar-refractivity contribution in [3.8, 4) is 0 Å². The van der Waals surface area contributed by atoms with Gasteiger partial charge < -0.3 is 10.6 Å². The Hall–Kier alpha value is -0.290. The fourth-order valence-electron chi connectivity index (χ4n) is 2.01. The number of nitrogens with zero attached hydrogens (tertiary/aromatic N) is 1. The summed E-state index contributed by atoms with van der Waals surface area (Å²) in [7, 11) is 0. The van der Waals surface area contributed by atoms with Crippen molar-refractivity contribution in [2.45, 2.75) is 50.7 Å². The van der Waals surface area contributed by atoms with Crippen LogP contribution in [0, 0.1) is 0 Å². The molecular formula is C11H21F3N2. The minimum atomic E-state index is -4.01. The highest BCUT2D eigenvalue weighted by molar-refractivity contribution is 4.80. The SMILES string of the molecule is NCCCN(CCCC(F)(F)F)C1CCC1. The maximum Gasteiger partial charge on any atom is 0.389 e. The molecule has 0 aromatic carbocycles. The Labute approximate surface area is 95.0 Å². The first-order chi connectivity index (χ1) is 7.53. The average molecular weight is 238 g/mol. The zero-order chi connectivity index (χ0) is 12.0. The molecule has 0 saturated heterocycles. The minimum absolute atomic E-state index is 0.213. The van der Waals surface area contributed by atoms with Crippen molar-refractivity contribution in [1.29, 1.82) is 0 Å². The van der Waals surface area contributed by atoms with Crippen LogP contribution in [0.4, 0.5) is 13.2 Å². The van der Waals surface area contributed by atoms with E-state index in [1.54, 1.807) is 0 Å². The Balaban J connectivity index is 2.21. The molecule has 1 aliphatic rings. The number of hydrogen-bond donors (Lipinski definition) is 1. The van der Waals surface area contributed by atoms with Crippen molar-refractivity contribution in [3.63, 3.8) is 0 Å². The highest BCUT2D eigenvalue weighted by Gasteiger charge is 2.28. The van der Waals surface area contributed by atoms with Gasteiger partial charge in [0.25, 0.3) is 0 Å². The Morgan fingerprint density at radius 3 is 2.19 bits per heavy atom. The summed E-state index contributed by atoms with van der Waals surface area (Å²) in [4.78, 5) is 2.18. The van der Waals surface area contributed by atoms with Gasteiger partial charge in [-0.15, -0.1) is 0 Å². The fourth-order valence-corrected chi connectivity index (χ4v) is 2.01. The Morgan fingerprint density at radius 1 is 1.12 bits per heavy atom. The summed E-state index contributed by atoms with van der Waals surface area (Å²) in [5, 5.41) is 0. The topological polar surface area (TPSA) is 29.3 Å². The van der Waals surface area contributed by atoms with E-state index >= 15 is 0 Å². The second-order valence-corrected chi connectivity index (χ2v) is 4.48. The van der Waals surface area contributed by atoms with Crippen LogP contribution in [0.3, 0.4) is 0 Å². The minimum Gasteiger partial charge on any atom is -0.330 e. The fraction of sp³-hybridized carbons (Fsp3) is 1.00. The molecule has 96 valence electrons. The third-order valence-electron chi connectivity index (χ3n) is 3.15. The van der Waals surface area contributed by atoms with Crippen LogP contribution in [0.25, 0.3) is 0 Å². The number of hydrogen-bond acceptors (Lipinski definition) is 2. The zero-order valence-corrected chi connectivity index (χ0v) is 9.60. The molecule has 0 amide bonds. The second kappa shape index (κ2) is 6.45. The van der Waals surface area contributed by atoms with Gasteiger partial charge >= 0.3 is 6.18 Å². The lowest BCUT2D eigenvalue weighted by molar-refractivity contribution is -0.136. The van der Waals surface area contributed by atoms with Gasteiger partial charge in [0.1, 0.15) is 0 Å². The third-order valence-corrected chi connectivity index (χ3v) is 3.15. The van der Waals surface area contributed by atoms with Crippen LogP contribution in [0.1, 0.15) is 38.5 Å². The summed E-state index contributed by atoms with van der Waals surface area (Å²) in [5.74, 6) is 0. The Morgan fingerprint density at radius 2 is 1.75 bits per heavy atom. The van der Waals surface area contributed by atoms with Gasteiger partial charge in [-0.25, -0.2) is 0 Å². The molecule has 5 heteroatoms. The summed E-state index contributed by atoms with van der Waals surface area (Å²) in [5.41, 5.74) is 5.43. The van der Waals surface area contributed by atoms with E-state index in [2.05, 4.69) is 4.90 Å². The van der Waals surface area contributed by atoms with E-state index < -0.39 is 12.6 Å². The molecule has 1 fully saturated rings. The largest absolute Gasteiger partial charge is 0.389 e. The molecule has 0 aromatic heterocycles. The van der Waals surface area contributed by atoms with Gasteiger partial charge in [-0.05, 0) is 45.3 Å². The van der Waals surface area contributed by atoms with Gasteiger partial charge in [-0.3, -0.25) is 0 Å². The maximum absolute atomic E-state index is 12.0. The van der Waals surface area contributed by atoms with Crippen molar-refractivity contribution in [2.24, 2.45) is 5.73 Å². The molecule has 1 rings (SSSR count). The van der Waals surface area contributed by atoms with E-state index in [0.717, 1.165) is 25.8 Å². The molecule has 2 N–H and O–H groups in total. The van der Waals surface area contributed by atoms with Crippen molar-refractivity contribution in [3.05, 3.63) is 0 Å². The summed E-state index contributed by atoms with van der Waals surface area (Å²) < 4.78 is 36.0. The average Bonchev–Trinajstić information content (AvgIpc) is 2.08. The van der Waals surface area contributed by atoms with E-state index in [9.17, 15) is 13.2 Å². The monoisotopic (exact) mass is 238 g/mol. The van der Waals surface area contributed by atoms with Crippen molar-refractivity contribution in [1.82, 2.24) is 4.90 Å². The highest BCUT2D eigenvalue weighted by atomic mass is 19.4. The van der Waals surface area contributed by atoms with Crippen molar-refractivity contribution < 1.29 is 13.2 Å². The summed E-state index contributed by atoms with van der Waals surface area (Å²) in [6.07, 6.45) is -0.110. The molecule has 2 nitrogen and oxygen atoms in total. The highest BCUT2D eigenvalue weighted by Crippen LogP contribution is 2.26. The number of alkyl halides is 3. The van der Waals surface area contributed by atoms with Gasteiger partial charge in [0, 0.05) is 12.5 Å². The van der Waals surface area contributed by atoms with Crippen LogP contribution in [0.5, 0.6) is 0 Å². The summed E-state index contributed by atoms with van der Waals surface area (Å²) in [6, 6.07) is 0.514. The van der Waals surface area contributed by atoms with E-state index in [1.165, 1.54) is 6.42 Å². The number of nitrogens with two attached hydrogens (primary N) is 1. The standard InChI is InChI=1S/C11H21F3N2/c12-11(13,14)6-2-8-16(9-3-7-15)10-4-1-5-10/h10H,1-9,15H2. The van der Waals surface area contributed by atoms with E-state index in [4.69, 9.17) is 5.73 Å². The zero-order valence-electron chi connectivity index (χ0n) is 9.60. The normalized spacial score (nSPS) is 17.8. The molecule has 0 atom stereocenters. The number of halogens is 3. The lowest BCUT2D eigenvalue weighted by Gasteiger charge is -2.37. The third kappa shape index (κ3) is 5.16. The van der Waals surface area contributed by atoms with Crippen LogP contribution >= 0.6 is 0 Å². The molecule has 0 spiro atoms. The Kier molecular flexibility index (Phi) is 5.55. The van der Waals surface area contributed by atoms with Gasteiger partial charge in [0.2, 0.25) is 0 Å². The van der Waals surface area contributed by atoms with E-state index in [0.29, 0.717) is 19.1 Å². The maximum atomic E-state index is 12.0. The smallest absolute Gasteiger partial charge is 0.330 e. The first-order valence-corrected chi connectivity index (χ1v) is 6.04. The Bertz CT molecular complexity index is 190. The van der Waals surface area contributed by atoms with Crippen molar-refractivity contribution in [2.75, 3.05) is 19.6 Å². The molecule has 1 aliphatic carbocycles. The first kappa shape index (κ1) is 13.8. The van der Waals surface area contributed by atoms with Crippen molar-refractivity contribution >= 4 is 0 Å². The van der Waals surface area contributed by atoms with Gasteiger partial charge in [-0.2, -0.15) is 13.2 Å². The van der Waals surface area contributed by atoms with Gasteiger partial charge in [0.05, 0.1) is 0 Å². The summed E-state index contributed by atoms with van der Waals surface area (Å²) >= 11 is 0. The quantitative estimate of drug-likeness (QED) is 0.738. The predicted molar refractivity (Wildman–Crippen MR) is 58.2 cm³/mol. The van der Waals surface area contributed by atoms with Gasteiger partial charge in [-0.1, -0.05) is 6.42 Å². The van der Waals surface area contributed by atoms with Gasteiger partial charge in [0.15, 0.2) is 0 Å². The lowest BCUT2D eigenvalue weighted by Crippen LogP contribution is -2.42. The lowest BCUT2D eigenvalue weighted by atomic mass is 9.91. The molecule has 0 heterocycles. The van der Waals surface area contributed by atoms with E-state index in [-0.39, 0.29) is 6.42 Å².